The molecule has 0 atom stereocenters. The number of aromatic amines is 1. The van der Waals surface area contributed by atoms with Gasteiger partial charge in [0, 0.05) is 30.9 Å². The van der Waals surface area contributed by atoms with Crippen molar-refractivity contribution in [1.82, 2.24) is 10.3 Å². The van der Waals surface area contributed by atoms with Crippen molar-refractivity contribution in [3.63, 3.8) is 0 Å². The second kappa shape index (κ2) is 2.68. The second-order valence-electron chi connectivity index (χ2n) is 2.88. The summed E-state index contributed by atoms with van der Waals surface area (Å²) < 4.78 is 0. The molecule has 0 bridgehead atoms. The third-order valence-corrected chi connectivity index (χ3v) is 2.09. The molecule has 2 heterocycles. The van der Waals surface area contributed by atoms with E-state index in [4.69, 9.17) is 5.11 Å². The Balaban J connectivity index is 2.32. The van der Waals surface area contributed by atoms with E-state index in [-0.39, 0.29) is 6.61 Å². The first kappa shape index (κ1) is 6.88. The third-order valence-electron chi connectivity index (χ3n) is 2.09. The van der Waals surface area contributed by atoms with Crippen LogP contribution in [0.3, 0.4) is 0 Å². The summed E-state index contributed by atoms with van der Waals surface area (Å²) in [6.07, 6.45) is 1.05. The lowest BCUT2D eigenvalue weighted by atomic mass is 10.1. The van der Waals surface area contributed by atoms with Crippen molar-refractivity contribution < 1.29 is 5.11 Å². The molecule has 1 aromatic rings. The lowest BCUT2D eigenvalue weighted by Crippen LogP contribution is -2.22. The van der Waals surface area contributed by atoms with Crippen LogP contribution in [0.4, 0.5) is 0 Å². The third kappa shape index (κ3) is 1.17. The molecule has 0 saturated heterocycles. The number of hydrogen-bond donors (Lipinski definition) is 3. The van der Waals surface area contributed by atoms with Gasteiger partial charge >= 0.3 is 0 Å². The summed E-state index contributed by atoms with van der Waals surface area (Å²) in [4.78, 5) is 3.19. The summed E-state index contributed by atoms with van der Waals surface area (Å²) in [6.45, 7) is 2.09. The number of rotatable bonds is 1. The van der Waals surface area contributed by atoms with Gasteiger partial charge in [0.15, 0.2) is 0 Å². The van der Waals surface area contributed by atoms with Gasteiger partial charge in [-0.3, -0.25) is 0 Å². The summed E-state index contributed by atoms with van der Waals surface area (Å²) in [5.41, 5.74) is 3.52. The van der Waals surface area contributed by atoms with E-state index in [1.807, 2.05) is 6.07 Å². The van der Waals surface area contributed by atoms with Crippen LogP contribution < -0.4 is 5.32 Å². The zero-order valence-corrected chi connectivity index (χ0v) is 6.35. The van der Waals surface area contributed by atoms with Crippen molar-refractivity contribution in [1.29, 1.82) is 0 Å². The lowest BCUT2D eigenvalue weighted by Gasteiger charge is -2.11. The maximum absolute atomic E-state index is 8.84. The predicted molar refractivity (Wildman–Crippen MR) is 42.1 cm³/mol. The van der Waals surface area contributed by atoms with E-state index in [1.165, 1.54) is 11.3 Å². The van der Waals surface area contributed by atoms with E-state index in [0.29, 0.717) is 0 Å². The monoisotopic (exact) mass is 152 g/mol. The van der Waals surface area contributed by atoms with Gasteiger partial charge < -0.3 is 15.4 Å². The Kier molecular flexibility index (Phi) is 1.68. The normalized spacial score (nSPS) is 16.5. The molecule has 0 aromatic carbocycles. The fourth-order valence-electron chi connectivity index (χ4n) is 1.51. The molecule has 1 aliphatic heterocycles. The van der Waals surface area contributed by atoms with E-state index in [9.17, 15) is 0 Å². The van der Waals surface area contributed by atoms with Gasteiger partial charge in [-0.1, -0.05) is 0 Å². The van der Waals surface area contributed by atoms with Crippen LogP contribution in [0, 0.1) is 0 Å². The molecular formula is C8H12N2O. The van der Waals surface area contributed by atoms with Gasteiger partial charge in [-0.2, -0.15) is 0 Å². The van der Waals surface area contributed by atoms with Crippen LogP contribution in [0.5, 0.6) is 0 Å². The zero-order chi connectivity index (χ0) is 7.68. The maximum atomic E-state index is 8.84. The molecule has 0 radical (unpaired) electrons. The molecule has 2 rings (SSSR count). The van der Waals surface area contributed by atoms with Gasteiger partial charge in [-0.25, -0.2) is 0 Å². The van der Waals surface area contributed by atoms with Crippen LogP contribution in [0.25, 0.3) is 0 Å². The summed E-state index contributed by atoms with van der Waals surface area (Å²) >= 11 is 0. The summed E-state index contributed by atoms with van der Waals surface area (Å²) in [5.74, 6) is 0. The molecule has 0 fully saturated rings. The second-order valence-corrected chi connectivity index (χ2v) is 2.88. The summed E-state index contributed by atoms with van der Waals surface area (Å²) in [6, 6.07) is 2.03. The zero-order valence-electron chi connectivity index (χ0n) is 6.35. The number of aliphatic hydroxyl groups excluding tert-OH is 1. The molecule has 0 aliphatic carbocycles. The highest BCUT2D eigenvalue weighted by Gasteiger charge is 2.10. The molecule has 11 heavy (non-hydrogen) atoms. The largest absolute Gasteiger partial charge is 0.390 e. The minimum absolute atomic E-state index is 0.118. The topological polar surface area (TPSA) is 48.0 Å². The number of hydrogen-bond acceptors (Lipinski definition) is 2. The molecule has 3 heteroatoms. The smallest absolute Gasteiger partial charge is 0.0830 e. The van der Waals surface area contributed by atoms with Crippen molar-refractivity contribution in [2.45, 2.75) is 19.6 Å². The van der Waals surface area contributed by atoms with E-state index >= 15 is 0 Å². The highest BCUT2D eigenvalue weighted by molar-refractivity contribution is 5.27. The number of aliphatic hydroxyl groups is 1. The Hall–Kier alpha value is -0.800. The maximum Gasteiger partial charge on any atom is 0.0830 e. The van der Waals surface area contributed by atoms with Crippen molar-refractivity contribution in [3.8, 4) is 0 Å². The number of fused-ring (bicyclic) bond motifs is 1. The first-order valence-corrected chi connectivity index (χ1v) is 3.91. The predicted octanol–water partition coefficient (Wildman–Crippen LogP) is 0.153. The molecule has 0 amide bonds. The molecular weight excluding hydrogens is 140 g/mol. The fourth-order valence-corrected chi connectivity index (χ4v) is 1.51. The molecule has 0 unspecified atom stereocenters. The van der Waals surface area contributed by atoms with Crippen LogP contribution in [-0.4, -0.2) is 16.6 Å². The van der Waals surface area contributed by atoms with Crippen molar-refractivity contribution in [2.24, 2.45) is 0 Å². The van der Waals surface area contributed by atoms with Gasteiger partial charge in [0.2, 0.25) is 0 Å². The Morgan fingerprint density at radius 3 is 3.18 bits per heavy atom. The Morgan fingerprint density at radius 2 is 2.45 bits per heavy atom. The van der Waals surface area contributed by atoms with Gasteiger partial charge in [-0.05, 0) is 11.6 Å². The van der Waals surface area contributed by atoms with Crippen molar-refractivity contribution >= 4 is 0 Å². The fraction of sp³-hybridized carbons (Fsp3) is 0.500. The van der Waals surface area contributed by atoms with E-state index in [0.717, 1.165) is 25.2 Å². The van der Waals surface area contributed by atoms with Crippen LogP contribution in [0.2, 0.25) is 0 Å². The molecule has 3 N–H and O–H groups in total. The minimum atomic E-state index is 0.118. The quantitative estimate of drug-likeness (QED) is 0.536. The van der Waals surface area contributed by atoms with Crippen molar-refractivity contribution in [3.05, 3.63) is 23.0 Å². The minimum Gasteiger partial charge on any atom is -0.390 e. The van der Waals surface area contributed by atoms with Crippen LogP contribution in [0.1, 0.15) is 17.0 Å². The van der Waals surface area contributed by atoms with E-state index in [1.54, 1.807) is 0 Å². The van der Waals surface area contributed by atoms with E-state index in [2.05, 4.69) is 10.3 Å². The van der Waals surface area contributed by atoms with E-state index < -0.39 is 0 Å². The molecule has 60 valence electrons. The standard InChI is InChI=1S/C8H12N2O/c11-5-7-3-6-4-9-2-1-8(6)10-7/h3,9-11H,1-2,4-5H2. The summed E-state index contributed by atoms with van der Waals surface area (Å²) in [5, 5.41) is 12.1. The summed E-state index contributed by atoms with van der Waals surface area (Å²) in [7, 11) is 0. The average Bonchev–Trinajstić information content (AvgIpc) is 2.46. The van der Waals surface area contributed by atoms with Crippen molar-refractivity contribution in [2.75, 3.05) is 6.54 Å². The SMILES string of the molecule is OCc1cc2c([nH]1)CCNC2. The number of nitrogens with one attached hydrogen (secondary N) is 2. The molecule has 1 aromatic heterocycles. The Morgan fingerprint density at radius 1 is 1.55 bits per heavy atom. The first-order valence-electron chi connectivity index (χ1n) is 3.91. The molecule has 3 nitrogen and oxygen atoms in total. The number of aromatic nitrogens is 1. The molecule has 0 spiro atoms. The van der Waals surface area contributed by atoms with Crippen LogP contribution in [-0.2, 0) is 19.6 Å². The van der Waals surface area contributed by atoms with Gasteiger partial charge in [0.25, 0.3) is 0 Å². The Labute approximate surface area is 65.4 Å². The Bertz CT molecular complexity index is 231. The molecule has 1 aliphatic rings. The molecule has 0 saturated carbocycles. The number of H-pyrrole nitrogens is 1. The highest BCUT2D eigenvalue weighted by atomic mass is 16.3. The van der Waals surface area contributed by atoms with Crippen LogP contribution >= 0.6 is 0 Å². The van der Waals surface area contributed by atoms with Gasteiger partial charge in [0.1, 0.15) is 0 Å². The highest BCUT2D eigenvalue weighted by Crippen LogP contribution is 2.14. The van der Waals surface area contributed by atoms with Gasteiger partial charge in [-0.15, -0.1) is 0 Å². The first-order chi connectivity index (χ1) is 5.40. The van der Waals surface area contributed by atoms with Gasteiger partial charge in [0.05, 0.1) is 6.61 Å². The van der Waals surface area contributed by atoms with Crippen LogP contribution in [0.15, 0.2) is 6.07 Å². The lowest BCUT2D eigenvalue weighted by molar-refractivity contribution is 0.277. The average molecular weight is 152 g/mol.